The minimum absolute atomic E-state index is 0.00796. The average Bonchev–Trinajstić information content (AvgIpc) is 3.45. The zero-order chi connectivity index (χ0) is 21.0. The van der Waals surface area contributed by atoms with Crippen molar-refractivity contribution >= 4 is 18.2 Å². The molecule has 1 heterocycles. The second-order valence-corrected chi connectivity index (χ2v) is 7.60. The molecule has 2 unspecified atom stereocenters. The molecule has 0 aromatic carbocycles. The van der Waals surface area contributed by atoms with Crippen molar-refractivity contribution in [2.24, 2.45) is 11.3 Å². The van der Waals surface area contributed by atoms with Crippen molar-refractivity contribution in [3.63, 3.8) is 0 Å². The van der Waals surface area contributed by atoms with Gasteiger partial charge in [0.05, 0.1) is 6.61 Å². The molecule has 9 heteroatoms. The Morgan fingerprint density at radius 1 is 1.18 bits per heavy atom. The molecule has 2 amide bonds. The van der Waals surface area contributed by atoms with Gasteiger partial charge in [-0.25, -0.2) is 14.4 Å². The number of rotatable bonds is 13. The molecule has 0 bridgehead atoms. The van der Waals surface area contributed by atoms with Gasteiger partial charge in [-0.15, -0.1) is 0 Å². The molecular formula is C19H32N2O7. The summed E-state index contributed by atoms with van der Waals surface area (Å²) in [6.07, 6.45) is 1.76. The highest BCUT2D eigenvalue weighted by Crippen LogP contribution is 2.26. The third-order valence-corrected chi connectivity index (χ3v) is 4.05. The van der Waals surface area contributed by atoms with Crippen LogP contribution in [0.5, 0.6) is 0 Å². The summed E-state index contributed by atoms with van der Waals surface area (Å²) in [5, 5.41) is 5.44. The summed E-state index contributed by atoms with van der Waals surface area (Å²) < 4.78 is 19.6. The lowest BCUT2D eigenvalue weighted by Crippen LogP contribution is -2.36. The second kappa shape index (κ2) is 12.2. The van der Waals surface area contributed by atoms with Crippen molar-refractivity contribution in [3.05, 3.63) is 12.7 Å². The number of ether oxygens (including phenoxy) is 4. The van der Waals surface area contributed by atoms with Crippen LogP contribution in [0, 0.1) is 11.3 Å². The van der Waals surface area contributed by atoms with E-state index in [9.17, 15) is 14.4 Å². The maximum atomic E-state index is 11.6. The van der Waals surface area contributed by atoms with E-state index >= 15 is 0 Å². The van der Waals surface area contributed by atoms with E-state index in [4.69, 9.17) is 18.9 Å². The Balaban J connectivity index is 2.08. The minimum Gasteiger partial charge on any atom is -0.459 e. The summed E-state index contributed by atoms with van der Waals surface area (Å²) in [6, 6.07) is 0. The summed E-state index contributed by atoms with van der Waals surface area (Å²) >= 11 is 0. The lowest BCUT2D eigenvalue weighted by atomic mass is 9.82. The van der Waals surface area contributed by atoms with Gasteiger partial charge in [-0.05, 0) is 24.2 Å². The second-order valence-electron chi connectivity index (χ2n) is 7.60. The molecule has 1 rings (SSSR count). The monoisotopic (exact) mass is 400 g/mol. The molecule has 0 spiro atoms. The van der Waals surface area contributed by atoms with Crippen LogP contribution in [0.4, 0.5) is 9.59 Å². The maximum Gasteiger partial charge on any atom is 0.407 e. The van der Waals surface area contributed by atoms with Gasteiger partial charge < -0.3 is 29.6 Å². The fraction of sp³-hybridized carbons (Fsp3) is 0.737. The Morgan fingerprint density at radius 2 is 1.82 bits per heavy atom. The van der Waals surface area contributed by atoms with Crippen LogP contribution in [0.25, 0.3) is 0 Å². The van der Waals surface area contributed by atoms with Crippen molar-refractivity contribution in [1.29, 1.82) is 0 Å². The van der Waals surface area contributed by atoms with Crippen LogP contribution in [-0.2, 0) is 23.7 Å². The topological polar surface area (TPSA) is 115 Å². The lowest BCUT2D eigenvalue weighted by molar-refractivity contribution is -0.138. The fourth-order valence-electron chi connectivity index (χ4n) is 2.62. The third-order valence-electron chi connectivity index (χ3n) is 4.05. The summed E-state index contributed by atoms with van der Waals surface area (Å²) in [5.41, 5.74) is -0.107. The molecule has 160 valence electrons. The highest BCUT2D eigenvalue weighted by Gasteiger charge is 2.25. The molecule has 2 atom stereocenters. The van der Waals surface area contributed by atoms with Crippen molar-refractivity contribution in [3.8, 4) is 0 Å². The zero-order valence-corrected chi connectivity index (χ0v) is 17.0. The molecule has 28 heavy (non-hydrogen) atoms. The van der Waals surface area contributed by atoms with E-state index in [1.54, 1.807) is 0 Å². The Kier molecular flexibility index (Phi) is 10.4. The van der Waals surface area contributed by atoms with Crippen LogP contribution >= 0.6 is 0 Å². The SMILES string of the molecule is C=CC(=O)OCCOC(=O)NCCC(C)CC(C)(C)CNC(=O)OCC1CO1. The van der Waals surface area contributed by atoms with Gasteiger partial charge in [-0.3, -0.25) is 0 Å². The van der Waals surface area contributed by atoms with Crippen LogP contribution in [0.1, 0.15) is 33.6 Å². The number of epoxide rings is 1. The third kappa shape index (κ3) is 12.2. The Morgan fingerprint density at radius 3 is 2.46 bits per heavy atom. The molecule has 1 aliphatic heterocycles. The zero-order valence-electron chi connectivity index (χ0n) is 17.0. The van der Waals surface area contributed by atoms with E-state index in [0.29, 0.717) is 32.2 Å². The molecule has 0 aliphatic carbocycles. The molecule has 0 aromatic heterocycles. The molecule has 0 radical (unpaired) electrons. The van der Waals surface area contributed by atoms with E-state index in [1.165, 1.54) is 0 Å². The van der Waals surface area contributed by atoms with Crippen molar-refractivity contribution in [1.82, 2.24) is 10.6 Å². The molecule has 2 N–H and O–H groups in total. The molecule has 0 aromatic rings. The molecular weight excluding hydrogens is 368 g/mol. The van der Waals surface area contributed by atoms with E-state index in [1.807, 2.05) is 0 Å². The first kappa shape index (κ1) is 23.7. The summed E-state index contributed by atoms with van der Waals surface area (Å²) in [7, 11) is 0. The smallest absolute Gasteiger partial charge is 0.407 e. The van der Waals surface area contributed by atoms with Crippen molar-refractivity contribution in [2.45, 2.75) is 39.7 Å². The largest absolute Gasteiger partial charge is 0.459 e. The van der Waals surface area contributed by atoms with Gasteiger partial charge in [-0.2, -0.15) is 0 Å². The van der Waals surface area contributed by atoms with Gasteiger partial charge in [0.25, 0.3) is 0 Å². The van der Waals surface area contributed by atoms with Crippen LogP contribution < -0.4 is 10.6 Å². The Hall–Kier alpha value is -2.29. The molecule has 1 fully saturated rings. The van der Waals surface area contributed by atoms with E-state index in [0.717, 1.165) is 18.9 Å². The van der Waals surface area contributed by atoms with Crippen LogP contribution in [-0.4, -0.2) is 63.8 Å². The lowest BCUT2D eigenvalue weighted by Gasteiger charge is -2.28. The summed E-state index contributed by atoms with van der Waals surface area (Å²) in [6.45, 7) is 11.4. The molecule has 9 nitrogen and oxygen atoms in total. The quantitative estimate of drug-likeness (QED) is 0.160. The van der Waals surface area contributed by atoms with Gasteiger partial charge >= 0.3 is 18.2 Å². The first-order valence-electron chi connectivity index (χ1n) is 9.44. The normalized spacial score (nSPS) is 16.5. The van der Waals surface area contributed by atoms with Crippen molar-refractivity contribution < 1.29 is 33.3 Å². The predicted molar refractivity (Wildman–Crippen MR) is 102 cm³/mol. The molecule has 1 aliphatic rings. The average molecular weight is 400 g/mol. The number of carbonyl (C=O) groups is 3. The van der Waals surface area contributed by atoms with Crippen LogP contribution in [0.3, 0.4) is 0 Å². The number of alkyl carbamates (subject to hydrolysis) is 2. The highest BCUT2D eigenvalue weighted by molar-refractivity contribution is 5.81. The predicted octanol–water partition coefficient (Wildman–Crippen LogP) is 2.01. The fourth-order valence-corrected chi connectivity index (χ4v) is 2.62. The Labute approximate surface area is 166 Å². The Bertz CT molecular complexity index is 532. The number of nitrogens with one attached hydrogen (secondary N) is 2. The van der Waals surface area contributed by atoms with Gasteiger partial charge in [0.1, 0.15) is 25.9 Å². The number of hydrogen-bond donors (Lipinski definition) is 2. The number of hydrogen-bond acceptors (Lipinski definition) is 7. The number of esters is 1. The first-order chi connectivity index (χ1) is 13.2. The van der Waals surface area contributed by atoms with E-state index < -0.39 is 18.2 Å². The van der Waals surface area contributed by atoms with Crippen molar-refractivity contribution in [2.75, 3.05) is 39.5 Å². The van der Waals surface area contributed by atoms with Gasteiger partial charge in [0, 0.05) is 19.2 Å². The number of carbonyl (C=O) groups excluding carboxylic acids is 3. The maximum absolute atomic E-state index is 11.6. The molecule has 0 saturated carbocycles. The van der Waals surface area contributed by atoms with Crippen LogP contribution in [0.15, 0.2) is 12.7 Å². The number of amides is 2. The van der Waals surface area contributed by atoms with Gasteiger partial charge in [-0.1, -0.05) is 27.4 Å². The van der Waals surface area contributed by atoms with Gasteiger partial charge in [0.2, 0.25) is 0 Å². The minimum atomic E-state index is -0.555. The van der Waals surface area contributed by atoms with Crippen LogP contribution in [0.2, 0.25) is 0 Å². The first-order valence-corrected chi connectivity index (χ1v) is 9.44. The van der Waals surface area contributed by atoms with E-state index in [2.05, 4.69) is 38.0 Å². The standard InChI is InChI=1S/C19H32N2O7/c1-5-16(22)25-8-9-26-17(23)20-7-6-14(2)10-19(3,4)13-21-18(24)28-12-15-11-27-15/h5,14-15H,1,6-13H2,2-4H3,(H,20,23)(H,21,24). The summed E-state index contributed by atoms with van der Waals surface area (Å²) in [4.78, 5) is 34.0. The van der Waals surface area contributed by atoms with Gasteiger partial charge in [0.15, 0.2) is 0 Å². The molecule has 1 saturated heterocycles. The highest BCUT2D eigenvalue weighted by atomic mass is 16.6. The summed E-state index contributed by atoms with van der Waals surface area (Å²) in [5.74, 6) is -0.221. The van der Waals surface area contributed by atoms with E-state index in [-0.39, 0.29) is 24.7 Å².